The minimum atomic E-state index is -4.57. The van der Waals surface area contributed by atoms with Crippen molar-refractivity contribution in [1.29, 1.82) is 0 Å². The zero-order valence-electron chi connectivity index (χ0n) is 8.61. The maximum atomic E-state index is 12.7. The number of hydrogen-bond donors (Lipinski definition) is 1. The standard InChI is InChI=1S/C10H8BrClF3NO/c1-5(11)9(17)16-8-6(10(13,14)15)3-2-4-7(8)12/h2-5H,1H3,(H,16,17). The summed E-state index contributed by atoms with van der Waals surface area (Å²) in [6.07, 6.45) is -4.57. The van der Waals surface area contributed by atoms with E-state index in [-0.39, 0.29) is 5.02 Å². The van der Waals surface area contributed by atoms with Crippen LogP contribution in [0.2, 0.25) is 5.02 Å². The van der Waals surface area contributed by atoms with Gasteiger partial charge in [0.05, 0.1) is 21.1 Å². The predicted molar refractivity (Wildman–Crippen MR) is 63.5 cm³/mol. The molecule has 0 saturated carbocycles. The molecule has 1 unspecified atom stereocenters. The van der Waals surface area contributed by atoms with Gasteiger partial charge < -0.3 is 5.32 Å². The van der Waals surface area contributed by atoms with Crippen LogP contribution >= 0.6 is 27.5 Å². The van der Waals surface area contributed by atoms with E-state index in [0.29, 0.717) is 0 Å². The van der Waals surface area contributed by atoms with Crippen molar-refractivity contribution in [2.75, 3.05) is 5.32 Å². The average molecular weight is 331 g/mol. The Labute approximate surface area is 109 Å². The molecule has 0 aliphatic carbocycles. The summed E-state index contributed by atoms with van der Waals surface area (Å²) in [6.45, 7) is 1.50. The third-order valence-corrected chi connectivity index (χ3v) is 2.66. The van der Waals surface area contributed by atoms with Gasteiger partial charge in [0.2, 0.25) is 5.91 Å². The van der Waals surface area contributed by atoms with Gasteiger partial charge in [0.1, 0.15) is 0 Å². The number of hydrogen-bond acceptors (Lipinski definition) is 1. The molecule has 1 atom stereocenters. The van der Waals surface area contributed by atoms with Crippen LogP contribution < -0.4 is 5.32 Å². The second kappa shape index (κ2) is 5.27. The maximum absolute atomic E-state index is 12.7. The first-order valence-electron chi connectivity index (χ1n) is 4.54. The van der Waals surface area contributed by atoms with Gasteiger partial charge in [-0.3, -0.25) is 4.79 Å². The van der Waals surface area contributed by atoms with Crippen LogP contribution in [0, 0.1) is 0 Å². The molecule has 0 spiro atoms. The highest BCUT2D eigenvalue weighted by Crippen LogP contribution is 2.38. The molecule has 7 heteroatoms. The van der Waals surface area contributed by atoms with Crippen LogP contribution in [-0.2, 0) is 11.0 Å². The fourth-order valence-electron chi connectivity index (χ4n) is 1.11. The first kappa shape index (κ1) is 14.3. The van der Waals surface area contributed by atoms with E-state index in [9.17, 15) is 18.0 Å². The topological polar surface area (TPSA) is 29.1 Å². The van der Waals surface area contributed by atoms with E-state index < -0.39 is 28.2 Å². The highest BCUT2D eigenvalue weighted by molar-refractivity contribution is 9.10. The highest BCUT2D eigenvalue weighted by Gasteiger charge is 2.34. The van der Waals surface area contributed by atoms with Crippen LogP contribution in [0.4, 0.5) is 18.9 Å². The number of halogens is 5. The van der Waals surface area contributed by atoms with Gasteiger partial charge in [0, 0.05) is 0 Å². The van der Waals surface area contributed by atoms with Crippen LogP contribution in [0.3, 0.4) is 0 Å². The number of carbonyl (C=O) groups excluding carboxylic acids is 1. The number of carbonyl (C=O) groups is 1. The molecule has 0 radical (unpaired) electrons. The zero-order chi connectivity index (χ0) is 13.2. The summed E-state index contributed by atoms with van der Waals surface area (Å²) in [4.78, 5) is 10.7. The summed E-state index contributed by atoms with van der Waals surface area (Å²) in [5.41, 5.74) is -1.38. The monoisotopic (exact) mass is 329 g/mol. The van der Waals surface area contributed by atoms with Crippen molar-refractivity contribution in [3.63, 3.8) is 0 Å². The number of benzene rings is 1. The van der Waals surface area contributed by atoms with Crippen molar-refractivity contribution < 1.29 is 18.0 Å². The van der Waals surface area contributed by atoms with Crippen molar-refractivity contribution in [3.05, 3.63) is 28.8 Å². The molecule has 0 heterocycles. The molecule has 1 amide bonds. The van der Waals surface area contributed by atoms with Gasteiger partial charge in [-0.1, -0.05) is 33.6 Å². The molecule has 2 nitrogen and oxygen atoms in total. The van der Waals surface area contributed by atoms with Gasteiger partial charge >= 0.3 is 6.18 Å². The van der Waals surface area contributed by atoms with Crippen molar-refractivity contribution in [3.8, 4) is 0 Å². The average Bonchev–Trinajstić information content (AvgIpc) is 2.18. The molecule has 94 valence electrons. The smallest absolute Gasteiger partial charge is 0.323 e. The van der Waals surface area contributed by atoms with E-state index in [1.807, 2.05) is 0 Å². The molecule has 1 N–H and O–H groups in total. The van der Waals surface area contributed by atoms with Gasteiger partial charge in [-0.2, -0.15) is 13.2 Å². The van der Waals surface area contributed by atoms with Gasteiger partial charge in [-0.25, -0.2) is 0 Å². The quantitative estimate of drug-likeness (QED) is 0.813. The Morgan fingerprint density at radius 2 is 2.06 bits per heavy atom. The minimum Gasteiger partial charge on any atom is -0.323 e. The number of anilines is 1. The summed E-state index contributed by atoms with van der Waals surface area (Å²) in [6, 6.07) is 3.32. The second-order valence-corrected chi connectivity index (χ2v) is 5.05. The molecular formula is C10H8BrClF3NO. The molecule has 0 bridgehead atoms. The molecule has 0 aliphatic heterocycles. The lowest BCUT2D eigenvalue weighted by Crippen LogP contribution is -2.22. The normalized spacial score (nSPS) is 13.3. The molecule has 1 rings (SSSR count). The molecule has 0 fully saturated rings. The molecular weight excluding hydrogens is 322 g/mol. The Balaban J connectivity index is 3.18. The molecule has 0 aromatic heterocycles. The Hall–Kier alpha value is -0.750. The Kier molecular flexibility index (Phi) is 4.43. The first-order chi connectivity index (χ1) is 7.73. The van der Waals surface area contributed by atoms with Crippen LogP contribution in [0.1, 0.15) is 12.5 Å². The van der Waals surface area contributed by atoms with Crippen molar-refractivity contribution >= 4 is 39.1 Å². The third kappa shape index (κ3) is 3.61. The number of alkyl halides is 4. The van der Waals surface area contributed by atoms with E-state index in [1.165, 1.54) is 19.1 Å². The molecule has 17 heavy (non-hydrogen) atoms. The van der Waals surface area contributed by atoms with Crippen LogP contribution in [-0.4, -0.2) is 10.7 Å². The third-order valence-electron chi connectivity index (χ3n) is 1.93. The van der Waals surface area contributed by atoms with E-state index >= 15 is 0 Å². The summed E-state index contributed by atoms with van der Waals surface area (Å²) in [7, 11) is 0. The lowest BCUT2D eigenvalue weighted by atomic mass is 10.1. The first-order valence-corrected chi connectivity index (χ1v) is 5.83. The lowest BCUT2D eigenvalue weighted by Gasteiger charge is -2.15. The Morgan fingerprint density at radius 1 is 1.47 bits per heavy atom. The fourth-order valence-corrected chi connectivity index (χ4v) is 1.45. The Morgan fingerprint density at radius 3 is 2.53 bits per heavy atom. The number of nitrogens with one attached hydrogen (secondary N) is 1. The van der Waals surface area contributed by atoms with E-state index in [1.54, 1.807) is 0 Å². The number of amides is 1. The minimum absolute atomic E-state index is 0.152. The Bertz CT molecular complexity index is 434. The summed E-state index contributed by atoms with van der Waals surface area (Å²) < 4.78 is 38.0. The lowest BCUT2D eigenvalue weighted by molar-refractivity contribution is -0.137. The van der Waals surface area contributed by atoms with Crippen molar-refractivity contribution in [1.82, 2.24) is 0 Å². The van der Waals surface area contributed by atoms with Crippen LogP contribution in [0.5, 0.6) is 0 Å². The largest absolute Gasteiger partial charge is 0.418 e. The zero-order valence-corrected chi connectivity index (χ0v) is 10.9. The van der Waals surface area contributed by atoms with Crippen molar-refractivity contribution in [2.45, 2.75) is 17.9 Å². The molecule has 0 saturated heterocycles. The van der Waals surface area contributed by atoms with E-state index in [2.05, 4.69) is 21.2 Å². The van der Waals surface area contributed by atoms with Gasteiger partial charge in [0.15, 0.2) is 0 Å². The summed E-state index contributed by atoms with van der Waals surface area (Å²) >= 11 is 8.61. The summed E-state index contributed by atoms with van der Waals surface area (Å²) in [5.74, 6) is -0.594. The maximum Gasteiger partial charge on any atom is 0.418 e. The van der Waals surface area contributed by atoms with Crippen LogP contribution in [0.25, 0.3) is 0 Å². The number of rotatable bonds is 2. The van der Waals surface area contributed by atoms with Crippen LogP contribution in [0.15, 0.2) is 18.2 Å². The molecule has 0 aliphatic rings. The van der Waals surface area contributed by atoms with Gasteiger partial charge in [-0.05, 0) is 19.1 Å². The predicted octanol–water partition coefficient (Wildman–Crippen LogP) is 4.08. The second-order valence-electron chi connectivity index (χ2n) is 3.27. The highest BCUT2D eigenvalue weighted by atomic mass is 79.9. The van der Waals surface area contributed by atoms with E-state index in [0.717, 1.165) is 6.07 Å². The SMILES string of the molecule is CC(Br)C(=O)Nc1c(Cl)cccc1C(F)(F)F. The van der Waals surface area contributed by atoms with E-state index in [4.69, 9.17) is 11.6 Å². The van der Waals surface area contributed by atoms with Gasteiger partial charge in [-0.15, -0.1) is 0 Å². The fraction of sp³-hybridized carbons (Fsp3) is 0.300. The van der Waals surface area contributed by atoms with Crippen molar-refractivity contribution in [2.24, 2.45) is 0 Å². The molecule has 1 aromatic rings. The van der Waals surface area contributed by atoms with Gasteiger partial charge in [0.25, 0.3) is 0 Å². The molecule has 1 aromatic carbocycles. The number of para-hydroxylation sites is 1. The summed E-state index contributed by atoms with van der Waals surface area (Å²) in [5, 5.41) is 2.00.